The van der Waals surface area contributed by atoms with Gasteiger partial charge >= 0.3 is 0 Å². The summed E-state index contributed by atoms with van der Waals surface area (Å²) >= 11 is 0. The number of rotatable bonds is 7. The van der Waals surface area contributed by atoms with Gasteiger partial charge < -0.3 is 5.32 Å². The number of carbonyl (C=O) groups is 1. The molecule has 1 N–H and O–H groups in total. The molecule has 0 atom stereocenters. The fourth-order valence-electron chi connectivity index (χ4n) is 4.83. The normalized spacial score (nSPS) is 18.5. The quantitative estimate of drug-likeness (QED) is 0.688. The molecule has 1 amide bonds. The molecule has 0 aromatic heterocycles. The van der Waals surface area contributed by atoms with Gasteiger partial charge in [-0.15, -0.1) is 0 Å². The number of likely N-dealkylation sites (tertiary alicyclic amines) is 2. The summed E-state index contributed by atoms with van der Waals surface area (Å²) in [6, 6.07) is 16.7. The van der Waals surface area contributed by atoms with Gasteiger partial charge in [0, 0.05) is 25.2 Å². The first-order valence-electron chi connectivity index (χ1n) is 12.2. The molecule has 2 heterocycles. The van der Waals surface area contributed by atoms with Gasteiger partial charge in [-0.25, -0.2) is 0 Å². The van der Waals surface area contributed by atoms with Crippen LogP contribution in [0.15, 0.2) is 48.5 Å². The first-order valence-corrected chi connectivity index (χ1v) is 12.2. The topological polar surface area (TPSA) is 35.6 Å². The molecular formula is C27H37N3O. The molecule has 0 spiro atoms. The summed E-state index contributed by atoms with van der Waals surface area (Å²) in [6.07, 6.45) is 9.28. The maximum Gasteiger partial charge on any atom is 0.251 e. The van der Waals surface area contributed by atoms with Crippen LogP contribution in [0.4, 0.5) is 0 Å². The second-order valence-electron chi connectivity index (χ2n) is 9.18. The summed E-state index contributed by atoms with van der Waals surface area (Å²) in [5.41, 5.74) is 4.59. The average molecular weight is 420 g/mol. The Morgan fingerprint density at radius 1 is 0.677 bits per heavy atom. The molecular weight excluding hydrogens is 382 g/mol. The molecule has 4 rings (SSSR count). The van der Waals surface area contributed by atoms with E-state index < -0.39 is 0 Å². The Labute approximate surface area is 187 Å². The van der Waals surface area contributed by atoms with Crippen molar-refractivity contribution in [2.75, 3.05) is 26.2 Å². The fraction of sp³-hybridized carbons (Fsp3) is 0.519. The van der Waals surface area contributed by atoms with E-state index in [9.17, 15) is 4.79 Å². The zero-order chi connectivity index (χ0) is 21.3. The highest BCUT2D eigenvalue weighted by Crippen LogP contribution is 2.17. The number of amides is 1. The molecule has 166 valence electrons. The number of hydrogen-bond donors (Lipinski definition) is 1. The molecule has 0 unspecified atom stereocenters. The highest BCUT2D eigenvalue weighted by atomic mass is 16.1. The number of nitrogens with one attached hydrogen (secondary N) is 1. The van der Waals surface area contributed by atoms with Gasteiger partial charge in [-0.2, -0.15) is 0 Å². The van der Waals surface area contributed by atoms with Crippen molar-refractivity contribution in [3.63, 3.8) is 0 Å². The molecule has 2 aromatic carbocycles. The zero-order valence-electron chi connectivity index (χ0n) is 18.8. The van der Waals surface area contributed by atoms with E-state index in [0.717, 1.165) is 18.7 Å². The van der Waals surface area contributed by atoms with Crippen LogP contribution in [0.2, 0.25) is 0 Å². The molecule has 0 saturated carbocycles. The fourth-order valence-corrected chi connectivity index (χ4v) is 4.83. The summed E-state index contributed by atoms with van der Waals surface area (Å²) in [4.78, 5) is 17.8. The van der Waals surface area contributed by atoms with E-state index in [2.05, 4.69) is 51.5 Å². The van der Waals surface area contributed by atoms with E-state index in [-0.39, 0.29) is 5.91 Å². The van der Waals surface area contributed by atoms with Crippen LogP contribution in [-0.2, 0) is 19.6 Å². The molecule has 0 aliphatic carbocycles. The van der Waals surface area contributed by atoms with Gasteiger partial charge in [0.2, 0.25) is 0 Å². The largest absolute Gasteiger partial charge is 0.348 e. The second-order valence-corrected chi connectivity index (χ2v) is 9.18. The summed E-state index contributed by atoms with van der Waals surface area (Å²) in [5.74, 6) is 0.00842. The predicted molar refractivity (Wildman–Crippen MR) is 127 cm³/mol. The zero-order valence-corrected chi connectivity index (χ0v) is 18.8. The highest BCUT2D eigenvalue weighted by Gasteiger charge is 2.14. The van der Waals surface area contributed by atoms with Crippen LogP contribution in [0, 0.1) is 0 Å². The monoisotopic (exact) mass is 419 g/mol. The molecule has 2 aromatic rings. The van der Waals surface area contributed by atoms with E-state index in [4.69, 9.17) is 0 Å². The lowest BCUT2D eigenvalue weighted by Crippen LogP contribution is -2.30. The van der Waals surface area contributed by atoms with Crippen LogP contribution in [0.3, 0.4) is 0 Å². The number of nitrogens with zero attached hydrogens (tertiary/aromatic N) is 2. The SMILES string of the molecule is O=C(NCc1ccccc1CN1CCCCC1)c1ccc(CN2CCCCCC2)cc1. The second kappa shape index (κ2) is 11.4. The predicted octanol–water partition coefficient (Wildman–Crippen LogP) is 4.98. The third-order valence-electron chi connectivity index (χ3n) is 6.72. The van der Waals surface area contributed by atoms with Crippen molar-refractivity contribution in [1.82, 2.24) is 15.1 Å². The highest BCUT2D eigenvalue weighted by molar-refractivity contribution is 5.94. The summed E-state index contributed by atoms with van der Waals surface area (Å²) in [7, 11) is 0. The lowest BCUT2D eigenvalue weighted by Gasteiger charge is -2.27. The Hall–Kier alpha value is -2.17. The summed E-state index contributed by atoms with van der Waals surface area (Å²) in [6.45, 7) is 7.31. The van der Waals surface area contributed by atoms with E-state index >= 15 is 0 Å². The van der Waals surface area contributed by atoms with Crippen LogP contribution in [0.25, 0.3) is 0 Å². The van der Waals surface area contributed by atoms with Gasteiger partial charge in [0.1, 0.15) is 0 Å². The van der Waals surface area contributed by atoms with Gasteiger partial charge in [0.25, 0.3) is 5.91 Å². The van der Waals surface area contributed by atoms with Gasteiger partial charge in [0.15, 0.2) is 0 Å². The minimum atomic E-state index is 0.00842. The van der Waals surface area contributed by atoms with Crippen molar-refractivity contribution >= 4 is 5.91 Å². The Morgan fingerprint density at radius 3 is 1.87 bits per heavy atom. The Bertz CT molecular complexity index is 819. The smallest absolute Gasteiger partial charge is 0.251 e. The third kappa shape index (κ3) is 6.65. The maximum absolute atomic E-state index is 12.7. The number of benzene rings is 2. The van der Waals surface area contributed by atoms with Crippen molar-refractivity contribution in [3.05, 3.63) is 70.8 Å². The van der Waals surface area contributed by atoms with Gasteiger partial charge in [-0.3, -0.25) is 14.6 Å². The molecule has 0 bridgehead atoms. The van der Waals surface area contributed by atoms with Crippen LogP contribution in [0.1, 0.15) is 72.0 Å². The molecule has 2 aliphatic heterocycles. The van der Waals surface area contributed by atoms with Crippen molar-refractivity contribution in [1.29, 1.82) is 0 Å². The molecule has 4 heteroatoms. The Balaban J connectivity index is 1.30. The molecule has 31 heavy (non-hydrogen) atoms. The molecule has 2 aliphatic rings. The lowest BCUT2D eigenvalue weighted by molar-refractivity contribution is 0.0950. The summed E-state index contributed by atoms with van der Waals surface area (Å²) < 4.78 is 0. The van der Waals surface area contributed by atoms with Crippen LogP contribution in [0.5, 0.6) is 0 Å². The molecule has 2 fully saturated rings. The lowest BCUT2D eigenvalue weighted by atomic mass is 10.0. The van der Waals surface area contributed by atoms with E-state index in [1.807, 2.05) is 12.1 Å². The standard InChI is InChI=1S/C27H37N3O/c31-27(24-14-12-23(13-15-24)21-29-16-6-1-2-7-17-29)28-20-25-10-4-5-11-26(25)22-30-18-8-3-9-19-30/h4-5,10-15H,1-3,6-9,16-22H2,(H,28,31). The Kier molecular flexibility index (Phi) is 8.14. The average Bonchev–Trinajstić information content (AvgIpc) is 3.08. The molecule has 2 saturated heterocycles. The maximum atomic E-state index is 12.7. The number of hydrogen-bond acceptors (Lipinski definition) is 3. The van der Waals surface area contributed by atoms with Crippen molar-refractivity contribution < 1.29 is 4.79 Å². The first kappa shape index (κ1) is 22.0. The van der Waals surface area contributed by atoms with E-state index in [0.29, 0.717) is 6.54 Å². The van der Waals surface area contributed by atoms with Gasteiger partial charge in [-0.05, 0) is 80.7 Å². The summed E-state index contributed by atoms with van der Waals surface area (Å²) in [5, 5.41) is 3.13. The van der Waals surface area contributed by atoms with Crippen molar-refractivity contribution in [2.45, 2.75) is 64.6 Å². The van der Waals surface area contributed by atoms with Gasteiger partial charge in [-0.1, -0.05) is 55.7 Å². The van der Waals surface area contributed by atoms with Gasteiger partial charge in [0.05, 0.1) is 0 Å². The third-order valence-corrected chi connectivity index (χ3v) is 6.72. The van der Waals surface area contributed by atoms with Crippen LogP contribution >= 0.6 is 0 Å². The number of carbonyl (C=O) groups excluding carboxylic acids is 1. The molecule has 4 nitrogen and oxygen atoms in total. The van der Waals surface area contributed by atoms with E-state index in [1.54, 1.807) is 0 Å². The van der Waals surface area contributed by atoms with Crippen molar-refractivity contribution in [2.24, 2.45) is 0 Å². The van der Waals surface area contributed by atoms with Crippen LogP contribution < -0.4 is 5.32 Å². The minimum absolute atomic E-state index is 0.00842. The molecule has 0 radical (unpaired) electrons. The van der Waals surface area contributed by atoms with Crippen molar-refractivity contribution in [3.8, 4) is 0 Å². The first-order chi connectivity index (χ1) is 15.3. The van der Waals surface area contributed by atoms with E-state index in [1.165, 1.54) is 87.8 Å². The van der Waals surface area contributed by atoms with Crippen LogP contribution in [-0.4, -0.2) is 41.9 Å². The number of piperidine rings is 1. The Morgan fingerprint density at radius 2 is 1.23 bits per heavy atom. The minimum Gasteiger partial charge on any atom is -0.348 e.